The van der Waals surface area contributed by atoms with Crippen LogP contribution < -0.4 is 10.1 Å². The Balaban J connectivity index is 2.41. The molecule has 5 heteroatoms. The van der Waals surface area contributed by atoms with Crippen molar-refractivity contribution in [3.63, 3.8) is 0 Å². The maximum Gasteiger partial charge on any atom is 0.132 e. The summed E-state index contributed by atoms with van der Waals surface area (Å²) in [6.07, 6.45) is 0. The molecule has 0 aliphatic carbocycles. The van der Waals surface area contributed by atoms with Crippen LogP contribution in [0.4, 0.5) is 4.39 Å². The number of ether oxygens (including phenoxy) is 2. The summed E-state index contributed by atoms with van der Waals surface area (Å²) in [5.74, 6) is 1.45. The molecule has 1 atom stereocenters. The third-order valence-corrected chi connectivity index (χ3v) is 3.06. The summed E-state index contributed by atoms with van der Waals surface area (Å²) in [5.41, 5.74) is 0.427. The minimum atomic E-state index is -0.420. The molecule has 1 N–H and O–H groups in total. The van der Waals surface area contributed by atoms with Crippen LogP contribution in [0.1, 0.15) is 23.1 Å². The predicted molar refractivity (Wildman–Crippen MR) is 73.3 cm³/mol. The van der Waals surface area contributed by atoms with Gasteiger partial charge in [-0.2, -0.15) is 0 Å². The third kappa shape index (κ3) is 2.84. The van der Waals surface area contributed by atoms with E-state index < -0.39 is 6.04 Å². The average Bonchev–Trinajstić information content (AvgIpc) is 2.90. The number of rotatable bonds is 6. The van der Waals surface area contributed by atoms with E-state index in [2.05, 4.69) is 5.32 Å². The van der Waals surface area contributed by atoms with Gasteiger partial charge >= 0.3 is 0 Å². The number of benzene rings is 1. The largest absolute Gasteiger partial charge is 0.496 e. The molecule has 1 heterocycles. The van der Waals surface area contributed by atoms with Gasteiger partial charge in [0.05, 0.1) is 18.7 Å². The van der Waals surface area contributed by atoms with Crippen LogP contribution in [-0.2, 0) is 11.3 Å². The highest BCUT2D eigenvalue weighted by molar-refractivity contribution is 5.40. The zero-order chi connectivity index (χ0) is 14.5. The molecule has 108 valence electrons. The first-order valence-corrected chi connectivity index (χ1v) is 6.28. The predicted octanol–water partition coefficient (Wildman–Crippen LogP) is 2.88. The molecule has 1 aromatic heterocycles. The number of halogens is 1. The van der Waals surface area contributed by atoms with E-state index >= 15 is 0 Å². The number of furan rings is 1. The lowest BCUT2D eigenvalue weighted by Gasteiger charge is -2.18. The Labute approximate surface area is 117 Å². The summed E-state index contributed by atoms with van der Waals surface area (Å²) in [5, 5.41) is 3.05. The molecule has 0 saturated carbocycles. The van der Waals surface area contributed by atoms with E-state index in [1.54, 1.807) is 32.4 Å². The molecule has 0 bridgehead atoms. The van der Waals surface area contributed by atoms with Crippen LogP contribution in [0.15, 0.2) is 34.7 Å². The number of nitrogens with one attached hydrogen (secondary N) is 1. The van der Waals surface area contributed by atoms with Crippen LogP contribution >= 0.6 is 0 Å². The fraction of sp³-hybridized carbons (Fsp3) is 0.333. The van der Waals surface area contributed by atoms with Gasteiger partial charge in [-0.05, 0) is 31.3 Å². The van der Waals surface area contributed by atoms with Gasteiger partial charge in [-0.15, -0.1) is 0 Å². The molecule has 1 aromatic carbocycles. The number of hydrogen-bond acceptors (Lipinski definition) is 4. The summed E-state index contributed by atoms with van der Waals surface area (Å²) >= 11 is 0. The summed E-state index contributed by atoms with van der Waals surface area (Å²) < 4.78 is 30.1. The SMILES string of the molecule is CNC(c1ccc(COC)o1)c1c(F)cccc1OC. The maximum atomic E-state index is 14.1. The quantitative estimate of drug-likeness (QED) is 0.883. The molecule has 0 radical (unpaired) electrons. The summed E-state index contributed by atoms with van der Waals surface area (Å²) in [6, 6.07) is 7.95. The Morgan fingerprint density at radius 3 is 2.70 bits per heavy atom. The standard InChI is InChI=1S/C15H18FNO3/c1-17-15(13-8-7-10(20-13)9-18-2)14-11(16)5-4-6-12(14)19-3/h4-8,15,17H,9H2,1-3H3. The van der Waals surface area contributed by atoms with Crippen molar-refractivity contribution in [1.82, 2.24) is 5.32 Å². The highest BCUT2D eigenvalue weighted by atomic mass is 19.1. The van der Waals surface area contributed by atoms with Crippen molar-refractivity contribution in [3.8, 4) is 5.75 Å². The molecule has 0 spiro atoms. The van der Waals surface area contributed by atoms with Gasteiger partial charge in [-0.25, -0.2) is 4.39 Å². The first-order valence-electron chi connectivity index (χ1n) is 6.28. The second kappa shape index (κ2) is 6.54. The number of methoxy groups -OCH3 is 2. The van der Waals surface area contributed by atoms with Gasteiger partial charge in [0.15, 0.2) is 0 Å². The van der Waals surface area contributed by atoms with Crippen molar-refractivity contribution in [2.24, 2.45) is 0 Å². The Hall–Kier alpha value is -1.85. The Kier molecular flexibility index (Phi) is 4.76. The molecular formula is C15H18FNO3. The topological polar surface area (TPSA) is 43.6 Å². The fourth-order valence-electron chi connectivity index (χ4n) is 2.17. The molecule has 2 rings (SSSR count). The van der Waals surface area contributed by atoms with Crippen molar-refractivity contribution in [3.05, 3.63) is 53.2 Å². The monoisotopic (exact) mass is 279 g/mol. The van der Waals surface area contributed by atoms with E-state index in [1.165, 1.54) is 13.2 Å². The van der Waals surface area contributed by atoms with Crippen LogP contribution in [0.2, 0.25) is 0 Å². The van der Waals surface area contributed by atoms with Gasteiger partial charge in [-0.1, -0.05) is 6.07 Å². The third-order valence-electron chi connectivity index (χ3n) is 3.06. The van der Waals surface area contributed by atoms with Crippen molar-refractivity contribution < 1.29 is 18.3 Å². The molecule has 0 amide bonds. The molecule has 4 nitrogen and oxygen atoms in total. The second-order valence-electron chi connectivity index (χ2n) is 4.31. The Morgan fingerprint density at radius 1 is 1.25 bits per heavy atom. The van der Waals surface area contributed by atoms with E-state index in [0.717, 1.165) is 0 Å². The molecule has 0 fully saturated rings. The lowest BCUT2D eigenvalue weighted by atomic mass is 10.0. The van der Waals surface area contributed by atoms with E-state index in [9.17, 15) is 4.39 Å². The molecule has 1 unspecified atom stereocenters. The van der Waals surface area contributed by atoms with Crippen LogP contribution in [-0.4, -0.2) is 21.3 Å². The van der Waals surface area contributed by atoms with Gasteiger partial charge in [0.2, 0.25) is 0 Å². The first-order chi connectivity index (χ1) is 9.71. The smallest absolute Gasteiger partial charge is 0.132 e. The molecule has 20 heavy (non-hydrogen) atoms. The minimum Gasteiger partial charge on any atom is -0.496 e. The van der Waals surface area contributed by atoms with E-state index in [0.29, 0.717) is 29.4 Å². The van der Waals surface area contributed by atoms with Crippen molar-refractivity contribution in [2.45, 2.75) is 12.6 Å². The van der Waals surface area contributed by atoms with Crippen LogP contribution in [0.5, 0.6) is 5.75 Å². The maximum absolute atomic E-state index is 14.1. The van der Waals surface area contributed by atoms with Crippen LogP contribution in [0, 0.1) is 5.82 Å². The zero-order valence-electron chi connectivity index (χ0n) is 11.8. The minimum absolute atomic E-state index is 0.339. The normalized spacial score (nSPS) is 12.4. The summed E-state index contributed by atoms with van der Waals surface area (Å²) in [7, 11) is 4.86. The van der Waals surface area contributed by atoms with Crippen molar-refractivity contribution in [1.29, 1.82) is 0 Å². The van der Waals surface area contributed by atoms with Gasteiger partial charge in [0, 0.05) is 7.11 Å². The summed E-state index contributed by atoms with van der Waals surface area (Å²) in [6.45, 7) is 0.380. The van der Waals surface area contributed by atoms with Crippen LogP contribution in [0.3, 0.4) is 0 Å². The lowest BCUT2D eigenvalue weighted by molar-refractivity contribution is 0.162. The first kappa shape index (κ1) is 14.6. The lowest BCUT2D eigenvalue weighted by Crippen LogP contribution is -2.19. The van der Waals surface area contributed by atoms with Crippen molar-refractivity contribution >= 4 is 0 Å². The molecule has 2 aromatic rings. The number of hydrogen-bond donors (Lipinski definition) is 1. The van der Waals surface area contributed by atoms with Crippen molar-refractivity contribution in [2.75, 3.05) is 21.3 Å². The Morgan fingerprint density at radius 2 is 2.05 bits per heavy atom. The molecule has 0 aliphatic rings. The second-order valence-corrected chi connectivity index (χ2v) is 4.31. The fourth-order valence-corrected chi connectivity index (χ4v) is 2.17. The Bertz CT molecular complexity index is 568. The molecule has 0 saturated heterocycles. The van der Waals surface area contributed by atoms with E-state index in [4.69, 9.17) is 13.9 Å². The molecule has 0 aliphatic heterocycles. The highest BCUT2D eigenvalue weighted by Crippen LogP contribution is 2.32. The van der Waals surface area contributed by atoms with E-state index in [1.807, 2.05) is 6.07 Å². The highest BCUT2D eigenvalue weighted by Gasteiger charge is 2.23. The van der Waals surface area contributed by atoms with Gasteiger partial charge < -0.3 is 19.2 Å². The summed E-state index contributed by atoms with van der Waals surface area (Å²) in [4.78, 5) is 0. The van der Waals surface area contributed by atoms with Gasteiger partial charge in [0.1, 0.15) is 29.7 Å². The average molecular weight is 279 g/mol. The van der Waals surface area contributed by atoms with E-state index in [-0.39, 0.29) is 5.82 Å². The zero-order valence-corrected chi connectivity index (χ0v) is 11.8. The molecular weight excluding hydrogens is 261 g/mol. The van der Waals surface area contributed by atoms with Crippen LogP contribution in [0.25, 0.3) is 0 Å². The van der Waals surface area contributed by atoms with Gasteiger partial charge in [-0.3, -0.25) is 0 Å². The van der Waals surface area contributed by atoms with Gasteiger partial charge in [0.25, 0.3) is 0 Å².